The maximum Gasteiger partial charge on any atom is 0.124 e. The van der Waals surface area contributed by atoms with Gasteiger partial charge in [-0.1, -0.05) is 35.8 Å². The molecule has 4 heteroatoms. The lowest BCUT2D eigenvalue weighted by Gasteiger charge is -2.11. The third-order valence-electron chi connectivity index (χ3n) is 2.62. The van der Waals surface area contributed by atoms with Crippen molar-refractivity contribution in [2.24, 2.45) is 0 Å². The highest BCUT2D eigenvalue weighted by Gasteiger charge is 2.09. The highest BCUT2D eigenvalue weighted by atomic mass is 79.9. The van der Waals surface area contributed by atoms with E-state index in [4.69, 9.17) is 0 Å². The van der Waals surface area contributed by atoms with Crippen molar-refractivity contribution in [3.8, 4) is 0 Å². The van der Waals surface area contributed by atoms with E-state index in [1.807, 2.05) is 6.20 Å². The second-order valence-corrected chi connectivity index (χ2v) is 5.16. The van der Waals surface area contributed by atoms with Crippen LogP contribution in [0.15, 0.2) is 35.1 Å². The molecular formula is C13H14BrFN2. The van der Waals surface area contributed by atoms with Gasteiger partial charge < -0.3 is 4.57 Å². The van der Waals surface area contributed by atoms with Crippen LogP contribution in [-0.4, -0.2) is 9.55 Å². The Bertz CT molecular complexity index is 520. The first-order valence-electron chi connectivity index (χ1n) is 5.53. The number of hydrogen-bond acceptors (Lipinski definition) is 1. The van der Waals surface area contributed by atoms with Gasteiger partial charge in [-0.05, 0) is 17.7 Å². The molecule has 0 fully saturated rings. The van der Waals surface area contributed by atoms with Crippen LogP contribution in [-0.2, 0) is 6.54 Å². The van der Waals surface area contributed by atoms with Crippen LogP contribution in [0.1, 0.15) is 31.2 Å². The molecule has 0 aliphatic carbocycles. The molecule has 0 aliphatic heterocycles. The molecule has 0 amide bonds. The zero-order valence-electron chi connectivity index (χ0n) is 9.82. The fourth-order valence-corrected chi connectivity index (χ4v) is 2.26. The maximum absolute atomic E-state index is 13.0. The number of benzene rings is 1. The standard InChI is InChI=1S/C13H14BrFN2/c1-9(2)13-16-5-6-17(13)8-10-3-4-11(15)7-12(10)14/h3-7,9H,8H2,1-2H3. The van der Waals surface area contributed by atoms with Crippen molar-refractivity contribution >= 4 is 15.9 Å². The molecule has 17 heavy (non-hydrogen) atoms. The van der Waals surface area contributed by atoms with Crippen molar-refractivity contribution in [1.29, 1.82) is 0 Å². The Hall–Kier alpha value is -1.16. The zero-order chi connectivity index (χ0) is 12.4. The minimum Gasteiger partial charge on any atom is -0.330 e. The minimum atomic E-state index is -0.227. The van der Waals surface area contributed by atoms with Gasteiger partial charge >= 0.3 is 0 Å². The second kappa shape index (κ2) is 5.00. The Kier molecular flexibility index (Phi) is 3.62. The normalized spacial score (nSPS) is 11.1. The van der Waals surface area contributed by atoms with Gasteiger partial charge in [-0.3, -0.25) is 0 Å². The van der Waals surface area contributed by atoms with E-state index in [1.165, 1.54) is 12.1 Å². The fraction of sp³-hybridized carbons (Fsp3) is 0.308. The molecule has 90 valence electrons. The van der Waals surface area contributed by atoms with E-state index < -0.39 is 0 Å². The third kappa shape index (κ3) is 2.75. The van der Waals surface area contributed by atoms with Crippen LogP contribution in [0.5, 0.6) is 0 Å². The van der Waals surface area contributed by atoms with Gasteiger partial charge in [-0.25, -0.2) is 9.37 Å². The van der Waals surface area contributed by atoms with Crippen LogP contribution in [0.2, 0.25) is 0 Å². The quantitative estimate of drug-likeness (QED) is 0.838. The summed E-state index contributed by atoms with van der Waals surface area (Å²) in [6, 6.07) is 4.76. The molecule has 2 nitrogen and oxygen atoms in total. The Morgan fingerprint density at radius 2 is 2.18 bits per heavy atom. The van der Waals surface area contributed by atoms with Gasteiger partial charge in [0.1, 0.15) is 11.6 Å². The smallest absolute Gasteiger partial charge is 0.124 e. The third-order valence-corrected chi connectivity index (χ3v) is 3.36. The number of rotatable bonds is 3. The van der Waals surface area contributed by atoms with Crippen LogP contribution in [0.4, 0.5) is 4.39 Å². The molecule has 0 radical (unpaired) electrons. The fourth-order valence-electron chi connectivity index (χ4n) is 1.79. The van der Waals surface area contributed by atoms with E-state index in [0.717, 1.165) is 15.9 Å². The van der Waals surface area contributed by atoms with E-state index in [2.05, 4.69) is 39.3 Å². The van der Waals surface area contributed by atoms with Gasteiger partial charge in [-0.2, -0.15) is 0 Å². The molecule has 0 atom stereocenters. The summed E-state index contributed by atoms with van der Waals surface area (Å²) in [5.74, 6) is 1.20. The van der Waals surface area contributed by atoms with E-state index in [-0.39, 0.29) is 5.82 Å². The lowest BCUT2D eigenvalue weighted by molar-refractivity contribution is 0.623. The molecule has 0 unspecified atom stereocenters. The van der Waals surface area contributed by atoms with Gasteiger partial charge in [0.25, 0.3) is 0 Å². The maximum atomic E-state index is 13.0. The zero-order valence-corrected chi connectivity index (χ0v) is 11.4. The Labute approximate surface area is 109 Å². The van der Waals surface area contributed by atoms with Gasteiger partial charge in [0.15, 0.2) is 0 Å². The highest BCUT2D eigenvalue weighted by molar-refractivity contribution is 9.10. The molecule has 2 aromatic rings. The van der Waals surface area contributed by atoms with Crippen LogP contribution in [0, 0.1) is 5.82 Å². The minimum absolute atomic E-state index is 0.227. The van der Waals surface area contributed by atoms with Crippen LogP contribution < -0.4 is 0 Å². The molecule has 1 aromatic carbocycles. The molecule has 0 aliphatic rings. The molecule has 0 saturated carbocycles. The van der Waals surface area contributed by atoms with E-state index in [9.17, 15) is 4.39 Å². The molecule has 1 aromatic heterocycles. The molecule has 0 N–H and O–H groups in total. The summed E-state index contributed by atoms with van der Waals surface area (Å²) < 4.78 is 15.9. The van der Waals surface area contributed by atoms with Crippen molar-refractivity contribution in [1.82, 2.24) is 9.55 Å². The van der Waals surface area contributed by atoms with Gasteiger partial charge in [0, 0.05) is 29.3 Å². The summed E-state index contributed by atoms with van der Waals surface area (Å²) >= 11 is 3.38. The molecule has 2 rings (SSSR count). The number of nitrogens with zero attached hydrogens (tertiary/aromatic N) is 2. The summed E-state index contributed by atoms with van der Waals surface area (Å²) in [6.07, 6.45) is 3.75. The SMILES string of the molecule is CC(C)c1nccn1Cc1ccc(F)cc1Br. The Balaban J connectivity index is 2.28. The van der Waals surface area contributed by atoms with Gasteiger partial charge in [0.2, 0.25) is 0 Å². The number of hydrogen-bond donors (Lipinski definition) is 0. The number of aromatic nitrogens is 2. The summed E-state index contributed by atoms with van der Waals surface area (Å²) in [5, 5.41) is 0. The van der Waals surface area contributed by atoms with Crippen LogP contribution >= 0.6 is 15.9 Å². The lowest BCUT2D eigenvalue weighted by atomic mass is 10.2. The van der Waals surface area contributed by atoms with Crippen molar-refractivity contribution < 1.29 is 4.39 Å². The average molecular weight is 297 g/mol. The summed E-state index contributed by atoms with van der Waals surface area (Å²) in [4.78, 5) is 4.33. The molecule has 0 spiro atoms. The molecule has 1 heterocycles. The van der Waals surface area contributed by atoms with E-state index in [0.29, 0.717) is 12.5 Å². The van der Waals surface area contributed by atoms with Crippen molar-refractivity contribution in [2.45, 2.75) is 26.3 Å². The first-order valence-corrected chi connectivity index (χ1v) is 6.32. The Morgan fingerprint density at radius 1 is 1.41 bits per heavy atom. The number of imidazole rings is 1. The molecular weight excluding hydrogens is 283 g/mol. The summed E-state index contributed by atoms with van der Waals surface area (Å²) in [6.45, 7) is 4.92. The van der Waals surface area contributed by atoms with Crippen molar-refractivity contribution in [2.75, 3.05) is 0 Å². The predicted molar refractivity (Wildman–Crippen MR) is 69.5 cm³/mol. The van der Waals surface area contributed by atoms with Crippen molar-refractivity contribution in [3.63, 3.8) is 0 Å². The molecule has 0 bridgehead atoms. The largest absolute Gasteiger partial charge is 0.330 e. The lowest BCUT2D eigenvalue weighted by Crippen LogP contribution is -2.06. The van der Waals surface area contributed by atoms with Gasteiger partial charge in [-0.15, -0.1) is 0 Å². The first-order chi connectivity index (χ1) is 8.08. The molecule has 0 saturated heterocycles. The summed E-state index contributed by atoms with van der Waals surface area (Å²) in [7, 11) is 0. The van der Waals surface area contributed by atoms with Crippen LogP contribution in [0.25, 0.3) is 0 Å². The predicted octanol–water partition coefficient (Wildman–Crippen LogP) is 3.96. The van der Waals surface area contributed by atoms with Crippen molar-refractivity contribution in [3.05, 3.63) is 52.3 Å². The number of halogens is 2. The highest BCUT2D eigenvalue weighted by Crippen LogP contribution is 2.21. The summed E-state index contributed by atoms with van der Waals surface area (Å²) in [5.41, 5.74) is 1.05. The monoisotopic (exact) mass is 296 g/mol. The van der Waals surface area contributed by atoms with E-state index in [1.54, 1.807) is 12.3 Å². The first kappa shape index (κ1) is 12.3. The van der Waals surface area contributed by atoms with Crippen LogP contribution in [0.3, 0.4) is 0 Å². The average Bonchev–Trinajstić information content (AvgIpc) is 2.70. The second-order valence-electron chi connectivity index (χ2n) is 4.30. The van der Waals surface area contributed by atoms with Gasteiger partial charge in [0.05, 0.1) is 0 Å². The topological polar surface area (TPSA) is 17.8 Å². The van der Waals surface area contributed by atoms with E-state index >= 15 is 0 Å². The Morgan fingerprint density at radius 3 is 2.82 bits per heavy atom.